The van der Waals surface area contributed by atoms with Crippen molar-refractivity contribution in [3.8, 4) is 5.75 Å². The number of ether oxygens (including phenoxy) is 1. The molecular formula is C22H22N4O3. The van der Waals surface area contributed by atoms with Gasteiger partial charge in [0.05, 0.1) is 18.4 Å². The van der Waals surface area contributed by atoms with Gasteiger partial charge in [-0.15, -0.1) is 0 Å². The largest absolute Gasteiger partial charge is 0.495 e. The van der Waals surface area contributed by atoms with Crippen molar-refractivity contribution in [3.63, 3.8) is 0 Å². The van der Waals surface area contributed by atoms with E-state index in [1.807, 2.05) is 37.3 Å². The summed E-state index contributed by atoms with van der Waals surface area (Å²) in [6.07, 6.45) is 1.51. The van der Waals surface area contributed by atoms with Crippen molar-refractivity contribution in [2.75, 3.05) is 23.1 Å². The lowest BCUT2D eigenvalue weighted by Gasteiger charge is -2.11. The number of benzene rings is 2. The lowest BCUT2D eigenvalue weighted by Crippen LogP contribution is -2.13. The second-order valence-corrected chi connectivity index (χ2v) is 6.47. The van der Waals surface area contributed by atoms with Gasteiger partial charge in [0.2, 0.25) is 5.91 Å². The topological polar surface area (TPSA) is 92.4 Å². The molecule has 3 N–H and O–H groups in total. The Labute approximate surface area is 169 Å². The molecule has 3 aromatic rings. The summed E-state index contributed by atoms with van der Waals surface area (Å²) in [5, 5.41) is 8.71. The van der Waals surface area contributed by atoms with Gasteiger partial charge in [-0.05, 0) is 61.0 Å². The van der Waals surface area contributed by atoms with E-state index in [1.165, 1.54) is 13.1 Å². The maximum Gasteiger partial charge on any atom is 0.257 e. The van der Waals surface area contributed by atoms with Gasteiger partial charge in [-0.2, -0.15) is 0 Å². The molecule has 7 heteroatoms. The number of aryl methyl sites for hydroxylation is 1. The predicted molar refractivity (Wildman–Crippen MR) is 114 cm³/mol. The molecule has 0 aliphatic heterocycles. The molecule has 2 aromatic carbocycles. The summed E-state index contributed by atoms with van der Waals surface area (Å²) in [5.74, 6) is 0.803. The van der Waals surface area contributed by atoms with Crippen molar-refractivity contribution < 1.29 is 14.3 Å². The number of hydrogen-bond donors (Lipinski definition) is 3. The van der Waals surface area contributed by atoms with E-state index < -0.39 is 0 Å². The van der Waals surface area contributed by atoms with Crippen LogP contribution in [-0.2, 0) is 4.79 Å². The average molecular weight is 390 g/mol. The number of hydrogen-bond acceptors (Lipinski definition) is 5. The Morgan fingerprint density at radius 1 is 0.931 bits per heavy atom. The SMILES string of the molecule is COc1ccc(C)cc1NC(=O)c1ccc(Nc2ccc(NC(C)=O)cc2)nc1. The third-order valence-corrected chi connectivity index (χ3v) is 4.11. The minimum Gasteiger partial charge on any atom is -0.495 e. The van der Waals surface area contributed by atoms with Crippen LogP contribution < -0.4 is 20.7 Å². The van der Waals surface area contributed by atoms with E-state index in [9.17, 15) is 9.59 Å². The molecule has 0 spiro atoms. The van der Waals surface area contributed by atoms with Crippen molar-refractivity contribution in [2.24, 2.45) is 0 Å². The van der Waals surface area contributed by atoms with Gasteiger partial charge < -0.3 is 20.7 Å². The molecule has 0 bridgehead atoms. The molecule has 0 aliphatic rings. The highest BCUT2D eigenvalue weighted by Crippen LogP contribution is 2.26. The molecule has 148 valence electrons. The van der Waals surface area contributed by atoms with E-state index in [1.54, 1.807) is 31.4 Å². The molecule has 0 radical (unpaired) electrons. The fourth-order valence-corrected chi connectivity index (χ4v) is 2.70. The summed E-state index contributed by atoms with van der Waals surface area (Å²) in [7, 11) is 1.56. The molecule has 0 saturated carbocycles. The van der Waals surface area contributed by atoms with Crippen LogP contribution in [0.25, 0.3) is 0 Å². The lowest BCUT2D eigenvalue weighted by molar-refractivity contribution is -0.114. The van der Waals surface area contributed by atoms with Gasteiger partial charge in [-0.25, -0.2) is 4.98 Å². The number of pyridine rings is 1. The zero-order valence-electron chi connectivity index (χ0n) is 16.4. The number of rotatable bonds is 6. The van der Waals surface area contributed by atoms with Crippen molar-refractivity contribution in [3.05, 3.63) is 71.9 Å². The van der Waals surface area contributed by atoms with E-state index in [4.69, 9.17) is 4.74 Å². The Hall–Kier alpha value is -3.87. The highest BCUT2D eigenvalue weighted by Gasteiger charge is 2.11. The summed E-state index contributed by atoms with van der Waals surface area (Å²) >= 11 is 0. The van der Waals surface area contributed by atoms with E-state index in [0.717, 1.165) is 16.9 Å². The van der Waals surface area contributed by atoms with Crippen LogP contribution in [0.2, 0.25) is 0 Å². The van der Waals surface area contributed by atoms with Crippen LogP contribution in [-0.4, -0.2) is 23.9 Å². The first-order chi connectivity index (χ1) is 13.9. The number of nitrogens with one attached hydrogen (secondary N) is 3. The number of amides is 2. The fourth-order valence-electron chi connectivity index (χ4n) is 2.70. The third-order valence-electron chi connectivity index (χ3n) is 4.11. The lowest BCUT2D eigenvalue weighted by atomic mass is 10.2. The van der Waals surface area contributed by atoms with Crippen molar-refractivity contribution in [2.45, 2.75) is 13.8 Å². The van der Waals surface area contributed by atoms with Gasteiger partial charge >= 0.3 is 0 Å². The zero-order chi connectivity index (χ0) is 20.8. The number of nitrogens with zero attached hydrogens (tertiary/aromatic N) is 1. The number of carbonyl (C=O) groups excluding carboxylic acids is 2. The summed E-state index contributed by atoms with van der Waals surface area (Å²) in [6, 6.07) is 16.2. The molecular weight excluding hydrogens is 368 g/mol. The van der Waals surface area contributed by atoms with Crippen LogP contribution in [0.5, 0.6) is 5.75 Å². The molecule has 1 aromatic heterocycles. The van der Waals surface area contributed by atoms with Crippen LogP contribution in [0.15, 0.2) is 60.8 Å². The Kier molecular flexibility index (Phi) is 6.09. The quantitative estimate of drug-likeness (QED) is 0.582. The van der Waals surface area contributed by atoms with Gasteiger partial charge in [0, 0.05) is 24.5 Å². The smallest absolute Gasteiger partial charge is 0.257 e. The highest BCUT2D eigenvalue weighted by molar-refractivity contribution is 6.05. The molecule has 3 rings (SSSR count). The van der Waals surface area contributed by atoms with E-state index in [2.05, 4.69) is 20.9 Å². The highest BCUT2D eigenvalue weighted by atomic mass is 16.5. The number of methoxy groups -OCH3 is 1. The van der Waals surface area contributed by atoms with Gasteiger partial charge in [0.25, 0.3) is 5.91 Å². The molecule has 1 heterocycles. The summed E-state index contributed by atoms with van der Waals surface area (Å²) in [6.45, 7) is 3.41. The Balaban J connectivity index is 1.66. The van der Waals surface area contributed by atoms with Crippen LogP contribution in [0.4, 0.5) is 22.9 Å². The molecule has 29 heavy (non-hydrogen) atoms. The van der Waals surface area contributed by atoms with Crippen LogP contribution in [0.1, 0.15) is 22.8 Å². The maximum atomic E-state index is 12.5. The molecule has 7 nitrogen and oxygen atoms in total. The number of aromatic nitrogens is 1. The normalized spacial score (nSPS) is 10.2. The van der Waals surface area contributed by atoms with Gasteiger partial charge in [-0.1, -0.05) is 6.07 Å². The fraction of sp³-hybridized carbons (Fsp3) is 0.136. The first-order valence-corrected chi connectivity index (χ1v) is 9.01. The Morgan fingerprint density at radius 2 is 1.66 bits per heavy atom. The minimum atomic E-state index is -0.271. The number of carbonyl (C=O) groups is 2. The first kappa shape index (κ1) is 19.9. The number of anilines is 4. The zero-order valence-corrected chi connectivity index (χ0v) is 16.4. The third kappa shape index (κ3) is 5.32. The van der Waals surface area contributed by atoms with Crippen LogP contribution in [0, 0.1) is 6.92 Å². The van der Waals surface area contributed by atoms with Crippen molar-refractivity contribution >= 4 is 34.7 Å². The van der Waals surface area contributed by atoms with E-state index in [0.29, 0.717) is 22.8 Å². The molecule has 0 fully saturated rings. The van der Waals surface area contributed by atoms with Gasteiger partial charge in [-0.3, -0.25) is 9.59 Å². The molecule has 2 amide bonds. The summed E-state index contributed by atoms with van der Waals surface area (Å²) in [5.41, 5.74) is 3.59. The summed E-state index contributed by atoms with van der Waals surface area (Å²) < 4.78 is 5.29. The second kappa shape index (κ2) is 8.88. The van der Waals surface area contributed by atoms with Gasteiger partial charge in [0.1, 0.15) is 11.6 Å². The Morgan fingerprint density at radius 3 is 2.28 bits per heavy atom. The minimum absolute atomic E-state index is 0.121. The maximum absolute atomic E-state index is 12.5. The predicted octanol–water partition coefficient (Wildman–Crippen LogP) is 4.35. The monoisotopic (exact) mass is 390 g/mol. The first-order valence-electron chi connectivity index (χ1n) is 9.01. The van der Waals surface area contributed by atoms with E-state index in [-0.39, 0.29) is 11.8 Å². The molecule has 0 saturated heterocycles. The average Bonchev–Trinajstić information content (AvgIpc) is 2.70. The Bertz CT molecular complexity index is 1020. The van der Waals surface area contributed by atoms with Crippen LogP contribution in [0.3, 0.4) is 0 Å². The van der Waals surface area contributed by atoms with Crippen molar-refractivity contribution in [1.29, 1.82) is 0 Å². The second-order valence-electron chi connectivity index (χ2n) is 6.47. The van der Waals surface area contributed by atoms with Crippen LogP contribution >= 0.6 is 0 Å². The van der Waals surface area contributed by atoms with Gasteiger partial charge in [0.15, 0.2) is 0 Å². The molecule has 0 aliphatic carbocycles. The van der Waals surface area contributed by atoms with E-state index >= 15 is 0 Å². The molecule has 0 unspecified atom stereocenters. The molecule has 0 atom stereocenters. The standard InChI is InChI=1S/C22H22N4O3/c1-14-4-10-20(29-3)19(12-14)26-22(28)16-5-11-21(23-13-16)25-18-8-6-17(7-9-18)24-15(2)27/h4-13H,1-3H3,(H,23,25)(H,24,27)(H,26,28). The summed E-state index contributed by atoms with van der Waals surface area (Å²) in [4.78, 5) is 27.9. The van der Waals surface area contributed by atoms with Crippen molar-refractivity contribution in [1.82, 2.24) is 4.98 Å².